The number of hydrogen-bond acceptors (Lipinski definition) is 2. The topological polar surface area (TPSA) is 57.5 Å². The Kier molecular flexibility index (Phi) is 18.8. The van der Waals surface area contributed by atoms with Crippen LogP contribution in [0.3, 0.4) is 0 Å². The molecule has 1 atom stereocenters. The minimum atomic E-state index is -1.17. The molecule has 3 heteroatoms. The number of aliphatic hydroxyl groups excluding tert-OH is 1. The smallest absolute Gasteiger partial charge is 0.332 e. The van der Waals surface area contributed by atoms with E-state index in [9.17, 15) is 4.79 Å². The average Bonchev–Trinajstić information content (AvgIpc) is 2.60. The Hall–Kier alpha value is -0.830. The average molecular weight is 355 g/mol. The fraction of sp³-hybridized carbons (Fsp3) is 0.864. The second-order valence-electron chi connectivity index (χ2n) is 7.29. The Morgan fingerprint density at radius 1 is 0.720 bits per heavy atom. The molecule has 0 heterocycles. The predicted molar refractivity (Wildman–Crippen MR) is 107 cm³/mol. The third kappa shape index (κ3) is 19.3. The van der Waals surface area contributed by atoms with E-state index in [1.807, 2.05) is 0 Å². The summed E-state index contributed by atoms with van der Waals surface area (Å²) in [6.45, 7) is 2.26. The van der Waals surface area contributed by atoms with Gasteiger partial charge in [0.1, 0.15) is 0 Å². The third-order valence-corrected chi connectivity index (χ3v) is 4.77. The van der Waals surface area contributed by atoms with Crippen LogP contribution in [0.5, 0.6) is 0 Å². The molecule has 148 valence electrons. The summed E-state index contributed by atoms with van der Waals surface area (Å²) in [5, 5.41) is 17.7. The van der Waals surface area contributed by atoms with Crippen LogP contribution in [0.15, 0.2) is 12.2 Å². The summed E-state index contributed by atoms with van der Waals surface area (Å²) in [6, 6.07) is 0. The number of allylic oxidation sites excluding steroid dienone is 2. The standard InChI is InChI=1S/C22H42O3/c1-2-3-4-5-6-7-8-9-10-11-12-13-14-15-16-17-18-19-20-21(23)22(24)25/h9-10,21,23H,2-8,11-20H2,1H3,(H,24,25)/b10-9-/t21-/m1/s1. The van der Waals surface area contributed by atoms with Gasteiger partial charge in [-0.2, -0.15) is 0 Å². The van der Waals surface area contributed by atoms with Crippen molar-refractivity contribution < 1.29 is 15.0 Å². The van der Waals surface area contributed by atoms with Gasteiger partial charge in [0, 0.05) is 0 Å². The Labute approximate surface area is 155 Å². The highest BCUT2D eigenvalue weighted by molar-refractivity contribution is 5.71. The van der Waals surface area contributed by atoms with Crippen LogP contribution < -0.4 is 0 Å². The number of aliphatic hydroxyl groups is 1. The van der Waals surface area contributed by atoms with Gasteiger partial charge in [0.15, 0.2) is 6.10 Å². The molecule has 0 aromatic heterocycles. The van der Waals surface area contributed by atoms with E-state index in [1.54, 1.807) is 0 Å². The number of unbranched alkanes of at least 4 members (excludes halogenated alkanes) is 14. The number of carbonyl (C=O) groups is 1. The minimum Gasteiger partial charge on any atom is -0.479 e. The highest BCUT2D eigenvalue weighted by Gasteiger charge is 2.11. The SMILES string of the molecule is CCCCCCCC/C=C\CCCCCCCCCC[C@@H](O)C(=O)O. The second-order valence-corrected chi connectivity index (χ2v) is 7.29. The molecule has 0 aliphatic rings. The molecule has 0 amide bonds. The number of carboxylic acid groups (broad SMARTS) is 1. The molecule has 0 fully saturated rings. The summed E-state index contributed by atoms with van der Waals surface area (Å²) >= 11 is 0. The van der Waals surface area contributed by atoms with E-state index in [0.717, 1.165) is 19.3 Å². The van der Waals surface area contributed by atoms with Gasteiger partial charge in [0.05, 0.1) is 0 Å². The van der Waals surface area contributed by atoms with Crippen molar-refractivity contribution in [2.75, 3.05) is 0 Å². The molecule has 0 aromatic carbocycles. The van der Waals surface area contributed by atoms with Crippen LogP contribution >= 0.6 is 0 Å². The molecule has 0 aromatic rings. The molecule has 0 saturated heterocycles. The zero-order valence-electron chi connectivity index (χ0n) is 16.6. The molecule has 0 aliphatic heterocycles. The van der Waals surface area contributed by atoms with E-state index >= 15 is 0 Å². The third-order valence-electron chi connectivity index (χ3n) is 4.77. The van der Waals surface area contributed by atoms with Crippen LogP contribution in [-0.4, -0.2) is 22.3 Å². The van der Waals surface area contributed by atoms with E-state index in [1.165, 1.54) is 83.5 Å². The van der Waals surface area contributed by atoms with Crippen molar-refractivity contribution in [1.82, 2.24) is 0 Å². The van der Waals surface area contributed by atoms with Gasteiger partial charge >= 0.3 is 5.97 Å². The number of hydrogen-bond donors (Lipinski definition) is 2. The van der Waals surface area contributed by atoms with Gasteiger partial charge in [0.25, 0.3) is 0 Å². The van der Waals surface area contributed by atoms with E-state index < -0.39 is 12.1 Å². The van der Waals surface area contributed by atoms with Crippen LogP contribution in [-0.2, 0) is 4.79 Å². The van der Waals surface area contributed by atoms with Gasteiger partial charge in [-0.05, 0) is 32.1 Å². The normalized spacial score (nSPS) is 12.7. The Morgan fingerprint density at radius 3 is 1.56 bits per heavy atom. The summed E-state index contributed by atoms with van der Waals surface area (Å²) in [6.07, 6.45) is 24.1. The zero-order chi connectivity index (χ0) is 18.6. The fourth-order valence-corrected chi connectivity index (χ4v) is 3.06. The van der Waals surface area contributed by atoms with Crippen molar-refractivity contribution in [3.05, 3.63) is 12.2 Å². The molecule has 2 N–H and O–H groups in total. The van der Waals surface area contributed by atoms with Crippen LogP contribution in [0.1, 0.15) is 116 Å². The first-order valence-electron chi connectivity index (χ1n) is 10.7. The van der Waals surface area contributed by atoms with Crippen LogP contribution in [0.25, 0.3) is 0 Å². The summed E-state index contributed by atoms with van der Waals surface area (Å²) < 4.78 is 0. The zero-order valence-corrected chi connectivity index (χ0v) is 16.6. The highest BCUT2D eigenvalue weighted by Crippen LogP contribution is 2.12. The van der Waals surface area contributed by atoms with Gasteiger partial charge in [0.2, 0.25) is 0 Å². The molecule has 0 spiro atoms. The maximum atomic E-state index is 10.5. The van der Waals surface area contributed by atoms with Gasteiger partial charge in [-0.3, -0.25) is 0 Å². The maximum Gasteiger partial charge on any atom is 0.332 e. The molecule has 3 nitrogen and oxygen atoms in total. The Morgan fingerprint density at radius 2 is 1.12 bits per heavy atom. The number of rotatable bonds is 19. The molecular weight excluding hydrogens is 312 g/mol. The van der Waals surface area contributed by atoms with Crippen molar-refractivity contribution in [2.24, 2.45) is 0 Å². The lowest BCUT2D eigenvalue weighted by Crippen LogP contribution is -2.18. The lowest BCUT2D eigenvalue weighted by Gasteiger charge is -2.05. The summed E-state index contributed by atoms with van der Waals surface area (Å²) in [5.41, 5.74) is 0. The second kappa shape index (κ2) is 19.5. The van der Waals surface area contributed by atoms with Crippen LogP contribution in [0.4, 0.5) is 0 Å². The lowest BCUT2D eigenvalue weighted by molar-refractivity contribution is -0.146. The number of carboxylic acids is 1. The predicted octanol–water partition coefficient (Wildman–Crippen LogP) is 6.64. The molecule has 0 aliphatic carbocycles. The van der Waals surface area contributed by atoms with Crippen molar-refractivity contribution in [3.8, 4) is 0 Å². The molecule has 0 rings (SSSR count). The van der Waals surface area contributed by atoms with Crippen molar-refractivity contribution in [1.29, 1.82) is 0 Å². The van der Waals surface area contributed by atoms with Crippen molar-refractivity contribution in [3.63, 3.8) is 0 Å². The summed E-state index contributed by atoms with van der Waals surface area (Å²) in [4.78, 5) is 10.5. The largest absolute Gasteiger partial charge is 0.479 e. The highest BCUT2D eigenvalue weighted by atomic mass is 16.4. The molecular formula is C22H42O3. The van der Waals surface area contributed by atoms with Crippen LogP contribution in [0.2, 0.25) is 0 Å². The maximum absolute atomic E-state index is 10.5. The van der Waals surface area contributed by atoms with Gasteiger partial charge in [-0.1, -0.05) is 96.1 Å². The first-order valence-corrected chi connectivity index (χ1v) is 10.7. The van der Waals surface area contributed by atoms with Gasteiger partial charge < -0.3 is 10.2 Å². The fourth-order valence-electron chi connectivity index (χ4n) is 3.06. The first-order chi connectivity index (χ1) is 12.2. The Bertz CT molecular complexity index is 312. The minimum absolute atomic E-state index is 0.389. The van der Waals surface area contributed by atoms with Crippen molar-refractivity contribution >= 4 is 5.97 Å². The molecule has 0 saturated carbocycles. The first kappa shape index (κ1) is 24.2. The monoisotopic (exact) mass is 354 g/mol. The molecule has 0 bridgehead atoms. The van der Waals surface area contributed by atoms with Crippen LogP contribution in [0, 0.1) is 0 Å². The van der Waals surface area contributed by atoms with Crippen molar-refractivity contribution in [2.45, 2.75) is 122 Å². The van der Waals surface area contributed by atoms with E-state index in [4.69, 9.17) is 10.2 Å². The molecule has 25 heavy (non-hydrogen) atoms. The quantitative estimate of drug-likeness (QED) is 0.202. The van der Waals surface area contributed by atoms with E-state index in [0.29, 0.717) is 6.42 Å². The lowest BCUT2D eigenvalue weighted by atomic mass is 10.0. The Balaban J connectivity index is 3.13. The van der Waals surface area contributed by atoms with Gasteiger partial charge in [-0.25, -0.2) is 4.79 Å². The summed E-state index contributed by atoms with van der Waals surface area (Å²) in [7, 11) is 0. The van der Waals surface area contributed by atoms with E-state index in [2.05, 4.69) is 19.1 Å². The van der Waals surface area contributed by atoms with Gasteiger partial charge in [-0.15, -0.1) is 0 Å². The summed E-state index contributed by atoms with van der Waals surface area (Å²) in [5.74, 6) is -1.10. The molecule has 0 radical (unpaired) electrons. The van der Waals surface area contributed by atoms with E-state index in [-0.39, 0.29) is 0 Å². The number of aliphatic carboxylic acids is 1. The molecule has 0 unspecified atom stereocenters.